The number of rotatable bonds is 4. The summed E-state index contributed by atoms with van der Waals surface area (Å²) in [5.74, 6) is -2.14. The predicted octanol–water partition coefficient (Wildman–Crippen LogP) is 0.759. The van der Waals surface area contributed by atoms with E-state index in [-0.39, 0.29) is 18.0 Å². The van der Waals surface area contributed by atoms with Crippen LogP contribution in [0.4, 0.5) is 0 Å². The van der Waals surface area contributed by atoms with Gasteiger partial charge in [0.05, 0.1) is 6.54 Å². The van der Waals surface area contributed by atoms with Gasteiger partial charge in [0.1, 0.15) is 5.01 Å². The van der Waals surface area contributed by atoms with Gasteiger partial charge in [0, 0.05) is 17.6 Å². The first kappa shape index (κ1) is 11.3. The van der Waals surface area contributed by atoms with E-state index in [4.69, 9.17) is 5.11 Å². The van der Waals surface area contributed by atoms with Gasteiger partial charge in [-0.25, -0.2) is 9.78 Å². The standard InChI is InChI=1S/C9H7N3O4S/c13-8(11-4-7-10-1-2-17-7)5-3-6(9(14)15)16-12-5/h1-3H,4H2,(H,11,13)(H,14,15). The number of thiazole rings is 1. The van der Waals surface area contributed by atoms with Gasteiger partial charge < -0.3 is 14.9 Å². The minimum Gasteiger partial charge on any atom is -0.475 e. The Kier molecular flexibility index (Phi) is 3.15. The molecule has 2 aromatic heterocycles. The molecule has 0 saturated heterocycles. The fourth-order valence-corrected chi connectivity index (χ4v) is 1.63. The van der Waals surface area contributed by atoms with Crippen molar-refractivity contribution < 1.29 is 19.2 Å². The van der Waals surface area contributed by atoms with Gasteiger partial charge >= 0.3 is 5.97 Å². The zero-order valence-electron chi connectivity index (χ0n) is 8.41. The zero-order valence-corrected chi connectivity index (χ0v) is 9.23. The van der Waals surface area contributed by atoms with Gasteiger partial charge in [-0.2, -0.15) is 0 Å². The second-order valence-electron chi connectivity index (χ2n) is 2.99. The van der Waals surface area contributed by atoms with E-state index < -0.39 is 11.9 Å². The Balaban J connectivity index is 1.97. The van der Waals surface area contributed by atoms with Crippen molar-refractivity contribution in [3.63, 3.8) is 0 Å². The Bertz CT molecular complexity index is 534. The number of amides is 1. The molecule has 0 aliphatic heterocycles. The van der Waals surface area contributed by atoms with Crippen LogP contribution < -0.4 is 5.32 Å². The van der Waals surface area contributed by atoms with Gasteiger partial charge in [0.2, 0.25) is 5.76 Å². The lowest BCUT2D eigenvalue weighted by atomic mass is 10.3. The molecule has 0 saturated carbocycles. The summed E-state index contributed by atoms with van der Waals surface area (Å²) in [6.45, 7) is 0.270. The molecular weight excluding hydrogens is 246 g/mol. The Morgan fingerprint density at radius 1 is 1.53 bits per heavy atom. The van der Waals surface area contributed by atoms with Crippen molar-refractivity contribution in [1.29, 1.82) is 0 Å². The zero-order chi connectivity index (χ0) is 12.3. The molecule has 0 atom stereocenters. The van der Waals surface area contributed by atoms with E-state index in [0.717, 1.165) is 11.1 Å². The van der Waals surface area contributed by atoms with E-state index in [9.17, 15) is 9.59 Å². The number of nitrogens with one attached hydrogen (secondary N) is 1. The van der Waals surface area contributed by atoms with Crippen molar-refractivity contribution >= 4 is 23.2 Å². The lowest BCUT2D eigenvalue weighted by Gasteiger charge is -1.98. The summed E-state index contributed by atoms with van der Waals surface area (Å²) in [6.07, 6.45) is 1.63. The summed E-state index contributed by atoms with van der Waals surface area (Å²) in [5, 5.41) is 17.0. The van der Waals surface area contributed by atoms with E-state index in [1.807, 2.05) is 0 Å². The molecule has 0 radical (unpaired) electrons. The van der Waals surface area contributed by atoms with Crippen molar-refractivity contribution in [1.82, 2.24) is 15.5 Å². The maximum absolute atomic E-state index is 11.5. The number of carbonyl (C=O) groups excluding carboxylic acids is 1. The maximum Gasteiger partial charge on any atom is 0.374 e. The maximum atomic E-state index is 11.5. The molecular formula is C9H7N3O4S. The summed E-state index contributed by atoms with van der Waals surface area (Å²) in [5.41, 5.74) is -0.0704. The quantitative estimate of drug-likeness (QED) is 0.833. The molecule has 0 aliphatic carbocycles. The third-order valence-electron chi connectivity index (χ3n) is 1.84. The average Bonchev–Trinajstić information content (AvgIpc) is 2.96. The third-order valence-corrected chi connectivity index (χ3v) is 2.62. The Hall–Kier alpha value is -2.22. The summed E-state index contributed by atoms with van der Waals surface area (Å²) in [4.78, 5) is 26.0. The number of carboxylic acids is 1. The molecule has 8 heteroatoms. The fourth-order valence-electron chi connectivity index (χ4n) is 1.07. The van der Waals surface area contributed by atoms with Crippen LogP contribution in [0.2, 0.25) is 0 Å². The highest BCUT2D eigenvalue weighted by Gasteiger charge is 2.16. The van der Waals surface area contributed by atoms with Crippen LogP contribution in [0.15, 0.2) is 22.2 Å². The van der Waals surface area contributed by atoms with Crippen molar-refractivity contribution in [2.75, 3.05) is 0 Å². The van der Waals surface area contributed by atoms with Gasteiger partial charge in [-0.3, -0.25) is 4.79 Å². The molecule has 2 N–H and O–H groups in total. The van der Waals surface area contributed by atoms with Gasteiger partial charge in [-0.1, -0.05) is 5.16 Å². The number of hydrogen-bond acceptors (Lipinski definition) is 6. The molecule has 2 heterocycles. The van der Waals surface area contributed by atoms with Crippen LogP contribution in [0, 0.1) is 0 Å². The van der Waals surface area contributed by atoms with Crippen molar-refractivity contribution in [2.45, 2.75) is 6.54 Å². The smallest absolute Gasteiger partial charge is 0.374 e. The van der Waals surface area contributed by atoms with Crippen molar-refractivity contribution in [3.05, 3.63) is 34.1 Å². The molecule has 88 valence electrons. The molecule has 0 bridgehead atoms. The summed E-state index contributed by atoms with van der Waals surface area (Å²) < 4.78 is 4.46. The second-order valence-corrected chi connectivity index (χ2v) is 3.97. The van der Waals surface area contributed by atoms with Gasteiger partial charge in [0.15, 0.2) is 5.69 Å². The van der Waals surface area contributed by atoms with E-state index in [0.29, 0.717) is 0 Å². The van der Waals surface area contributed by atoms with Crippen LogP contribution in [0.5, 0.6) is 0 Å². The third kappa shape index (κ3) is 2.67. The average molecular weight is 253 g/mol. The molecule has 0 fully saturated rings. The van der Waals surface area contributed by atoms with E-state index in [1.54, 1.807) is 11.6 Å². The summed E-state index contributed by atoms with van der Waals surface area (Å²) >= 11 is 1.41. The fraction of sp³-hybridized carbons (Fsp3) is 0.111. The van der Waals surface area contributed by atoms with Crippen LogP contribution >= 0.6 is 11.3 Å². The predicted molar refractivity (Wildman–Crippen MR) is 56.7 cm³/mol. The second kappa shape index (κ2) is 4.74. The minimum absolute atomic E-state index is 0.0704. The number of aromatic nitrogens is 2. The first-order valence-corrected chi connectivity index (χ1v) is 5.41. The highest BCUT2D eigenvalue weighted by atomic mass is 32.1. The summed E-state index contributed by atoms with van der Waals surface area (Å²) in [7, 11) is 0. The number of nitrogens with zero attached hydrogens (tertiary/aromatic N) is 2. The monoisotopic (exact) mass is 253 g/mol. The van der Waals surface area contributed by atoms with E-state index in [1.165, 1.54) is 11.3 Å². The number of carbonyl (C=O) groups is 2. The number of hydrogen-bond donors (Lipinski definition) is 2. The molecule has 0 aromatic carbocycles. The Morgan fingerprint density at radius 2 is 2.35 bits per heavy atom. The Morgan fingerprint density at radius 3 is 2.94 bits per heavy atom. The summed E-state index contributed by atoms with van der Waals surface area (Å²) in [6, 6.07) is 1.07. The van der Waals surface area contributed by atoms with Crippen LogP contribution in [0.25, 0.3) is 0 Å². The van der Waals surface area contributed by atoms with Gasteiger partial charge in [-0.15, -0.1) is 11.3 Å². The van der Waals surface area contributed by atoms with Gasteiger partial charge in [0.25, 0.3) is 5.91 Å². The molecule has 0 spiro atoms. The van der Waals surface area contributed by atoms with Crippen LogP contribution in [0.1, 0.15) is 26.1 Å². The SMILES string of the molecule is O=C(NCc1nccs1)c1cc(C(=O)O)on1. The Labute approximate surface area is 99.1 Å². The van der Waals surface area contributed by atoms with Crippen molar-refractivity contribution in [3.8, 4) is 0 Å². The van der Waals surface area contributed by atoms with Crippen LogP contribution in [-0.2, 0) is 6.54 Å². The van der Waals surface area contributed by atoms with Crippen LogP contribution in [0.3, 0.4) is 0 Å². The molecule has 2 aromatic rings. The van der Waals surface area contributed by atoms with Crippen molar-refractivity contribution in [2.24, 2.45) is 0 Å². The van der Waals surface area contributed by atoms with E-state index in [2.05, 4.69) is 20.0 Å². The molecule has 1 amide bonds. The normalized spacial score (nSPS) is 10.1. The first-order chi connectivity index (χ1) is 8.16. The number of aromatic carboxylic acids is 1. The highest BCUT2D eigenvalue weighted by molar-refractivity contribution is 7.09. The molecule has 0 unspecified atom stereocenters. The lowest BCUT2D eigenvalue weighted by Crippen LogP contribution is -2.22. The largest absolute Gasteiger partial charge is 0.475 e. The number of carboxylic acid groups (broad SMARTS) is 1. The molecule has 0 aliphatic rings. The lowest BCUT2D eigenvalue weighted by molar-refractivity contribution is 0.0651. The highest BCUT2D eigenvalue weighted by Crippen LogP contribution is 2.05. The molecule has 2 rings (SSSR count). The first-order valence-electron chi connectivity index (χ1n) is 4.53. The minimum atomic E-state index is -1.27. The van der Waals surface area contributed by atoms with Gasteiger partial charge in [-0.05, 0) is 0 Å². The van der Waals surface area contributed by atoms with E-state index >= 15 is 0 Å². The topological polar surface area (TPSA) is 105 Å². The molecule has 7 nitrogen and oxygen atoms in total. The van der Waals surface area contributed by atoms with Crippen LogP contribution in [-0.4, -0.2) is 27.1 Å². The molecule has 17 heavy (non-hydrogen) atoms.